The summed E-state index contributed by atoms with van der Waals surface area (Å²) in [6, 6.07) is 9.62. The molecule has 4 heteroatoms. The van der Waals surface area contributed by atoms with Crippen LogP contribution in [0.4, 0.5) is 11.4 Å². The SMILES string of the molecule is Nc1ccsc1CNc1ccccc1CO. The minimum atomic E-state index is 0.0447. The number of hydrogen-bond donors (Lipinski definition) is 3. The van der Waals surface area contributed by atoms with Gasteiger partial charge in [0.2, 0.25) is 0 Å². The van der Waals surface area contributed by atoms with Crippen molar-refractivity contribution in [3.63, 3.8) is 0 Å². The van der Waals surface area contributed by atoms with Crippen molar-refractivity contribution in [1.82, 2.24) is 0 Å². The van der Waals surface area contributed by atoms with Crippen LogP contribution in [-0.2, 0) is 13.2 Å². The number of aliphatic hydroxyl groups excluding tert-OH is 1. The number of thiophene rings is 1. The minimum absolute atomic E-state index is 0.0447. The largest absolute Gasteiger partial charge is 0.398 e. The van der Waals surface area contributed by atoms with Crippen LogP contribution in [0.25, 0.3) is 0 Å². The second kappa shape index (κ2) is 5.01. The molecule has 3 nitrogen and oxygen atoms in total. The lowest BCUT2D eigenvalue weighted by Crippen LogP contribution is -2.02. The highest BCUT2D eigenvalue weighted by Crippen LogP contribution is 2.21. The Morgan fingerprint density at radius 3 is 2.75 bits per heavy atom. The first-order valence-electron chi connectivity index (χ1n) is 5.05. The molecule has 2 aromatic rings. The van der Waals surface area contributed by atoms with Crippen LogP contribution in [0.1, 0.15) is 10.4 Å². The van der Waals surface area contributed by atoms with Gasteiger partial charge in [-0.05, 0) is 17.5 Å². The molecule has 0 bridgehead atoms. The molecule has 0 aliphatic heterocycles. The van der Waals surface area contributed by atoms with E-state index in [2.05, 4.69) is 5.32 Å². The van der Waals surface area contributed by atoms with Gasteiger partial charge in [0.1, 0.15) is 0 Å². The summed E-state index contributed by atoms with van der Waals surface area (Å²) in [5.74, 6) is 0. The standard InChI is InChI=1S/C12H14N2OS/c13-10-5-6-16-12(10)7-14-11-4-2-1-3-9(11)8-15/h1-6,14-15H,7-8,13H2. The number of hydrogen-bond acceptors (Lipinski definition) is 4. The zero-order valence-electron chi connectivity index (χ0n) is 8.81. The van der Waals surface area contributed by atoms with Gasteiger partial charge in [-0.2, -0.15) is 0 Å². The van der Waals surface area contributed by atoms with Crippen molar-refractivity contribution in [3.8, 4) is 0 Å². The van der Waals surface area contributed by atoms with Gasteiger partial charge in [-0.3, -0.25) is 0 Å². The van der Waals surface area contributed by atoms with Gasteiger partial charge in [0.15, 0.2) is 0 Å². The maximum Gasteiger partial charge on any atom is 0.0701 e. The van der Waals surface area contributed by atoms with Gasteiger partial charge in [0.05, 0.1) is 13.2 Å². The number of nitrogens with two attached hydrogens (primary N) is 1. The Balaban J connectivity index is 2.07. The second-order valence-electron chi connectivity index (χ2n) is 3.47. The molecule has 16 heavy (non-hydrogen) atoms. The van der Waals surface area contributed by atoms with E-state index in [4.69, 9.17) is 10.8 Å². The lowest BCUT2D eigenvalue weighted by molar-refractivity contribution is 0.282. The van der Waals surface area contributed by atoms with Crippen LogP contribution in [0.5, 0.6) is 0 Å². The van der Waals surface area contributed by atoms with Gasteiger partial charge < -0.3 is 16.2 Å². The van der Waals surface area contributed by atoms with Crippen LogP contribution in [0.3, 0.4) is 0 Å². The van der Waals surface area contributed by atoms with Crippen LogP contribution in [0.2, 0.25) is 0 Å². The number of para-hydroxylation sites is 1. The fourth-order valence-corrected chi connectivity index (χ4v) is 2.24. The Labute approximate surface area is 98.5 Å². The van der Waals surface area contributed by atoms with Crippen molar-refractivity contribution in [1.29, 1.82) is 0 Å². The number of rotatable bonds is 4. The molecule has 0 amide bonds. The summed E-state index contributed by atoms with van der Waals surface area (Å²) in [6.07, 6.45) is 0. The van der Waals surface area contributed by atoms with E-state index in [1.54, 1.807) is 11.3 Å². The third-order valence-electron chi connectivity index (χ3n) is 2.41. The van der Waals surface area contributed by atoms with Crippen molar-refractivity contribution in [2.45, 2.75) is 13.2 Å². The van der Waals surface area contributed by atoms with Gasteiger partial charge in [0.25, 0.3) is 0 Å². The van der Waals surface area contributed by atoms with E-state index in [1.165, 1.54) is 0 Å². The summed E-state index contributed by atoms with van der Waals surface area (Å²) in [7, 11) is 0. The Morgan fingerprint density at radius 1 is 1.25 bits per heavy atom. The maximum absolute atomic E-state index is 9.17. The summed E-state index contributed by atoms with van der Waals surface area (Å²) in [6.45, 7) is 0.740. The Bertz CT molecular complexity index is 468. The average molecular weight is 234 g/mol. The van der Waals surface area contributed by atoms with E-state index in [1.807, 2.05) is 35.7 Å². The molecular weight excluding hydrogens is 220 g/mol. The van der Waals surface area contributed by atoms with Gasteiger partial charge in [-0.25, -0.2) is 0 Å². The molecule has 0 aliphatic carbocycles. The smallest absolute Gasteiger partial charge is 0.0701 e. The number of benzene rings is 1. The van der Waals surface area contributed by atoms with Gasteiger partial charge in [-0.15, -0.1) is 11.3 Å². The molecule has 0 radical (unpaired) electrons. The van der Waals surface area contributed by atoms with E-state index in [0.29, 0.717) is 6.54 Å². The predicted octanol–water partition coefficient (Wildman–Crippen LogP) is 2.43. The van der Waals surface area contributed by atoms with E-state index in [9.17, 15) is 0 Å². The van der Waals surface area contributed by atoms with Gasteiger partial charge >= 0.3 is 0 Å². The summed E-state index contributed by atoms with van der Waals surface area (Å²) in [5, 5.41) is 14.4. The highest BCUT2D eigenvalue weighted by molar-refractivity contribution is 7.10. The molecule has 0 saturated heterocycles. The molecule has 0 atom stereocenters. The zero-order chi connectivity index (χ0) is 11.4. The topological polar surface area (TPSA) is 58.3 Å². The van der Waals surface area contributed by atoms with Gasteiger partial charge in [0, 0.05) is 21.8 Å². The van der Waals surface area contributed by atoms with Crippen molar-refractivity contribution in [3.05, 3.63) is 46.2 Å². The molecule has 1 heterocycles. The minimum Gasteiger partial charge on any atom is -0.398 e. The predicted molar refractivity (Wildman–Crippen MR) is 68.4 cm³/mol. The molecule has 0 aliphatic rings. The van der Waals surface area contributed by atoms with Crippen molar-refractivity contribution in [2.24, 2.45) is 0 Å². The first-order valence-corrected chi connectivity index (χ1v) is 5.93. The van der Waals surface area contributed by atoms with Crippen LogP contribution in [-0.4, -0.2) is 5.11 Å². The molecule has 0 unspecified atom stereocenters. The van der Waals surface area contributed by atoms with Crippen LogP contribution in [0, 0.1) is 0 Å². The Morgan fingerprint density at radius 2 is 2.06 bits per heavy atom. The second-order valence-corrected chi connectivity index (χ2v) is 4.47. The number of anilines is 2. The molecule has 1 aromatic carbocycles. The number of aliphatic hydroxyl groups is 1. The molecule has 2 rings (SSSR count). The van der Waals surface area contributed by atoms with Crippen molar-refractivity contribution < 1.29 is 5.11 Å². The van der Waals surface area contributed by atoms with E-state index < -0.39 is 0 Å². The summed E-state index contributed by atoms with van der Waals surface area (Å²) >= 11 is 1.63. The molecule has 84 valence electrons. The van der Waals surface area contributed by atoms with E-state index in [0.717, 1.165) is 21.8 Å². The average Bonchev–Trinajstić information content (AvgIpc) is 2.72. The fourth-order valence-electron chi connectivity index (χ4n) is 1.50. The molecule has 1 aromatic heterocycles. The maximum atomic E-state index is 9.17. The van der Waals surface area contributed by atoms with Crippen LogP contribution < -0.4 is 11.1 Å². The summed E-state index contributed by atoms with van der Waals surface area (Å²) in [5.41, 5.74) is 8.47. The molecule has 0 saturated carbocycles. The highest BCUT2D eigenvalue weighted by atomic mass is 32.1. The quantitative estimate of drug-likeness (QED) is 0.761. The highest BCUT2D eigenvalue weighted by Gasteiger charge is 2.02. The van der Waals surface area contributed by atoms with Crippen LogP contribution in [0.15, 0.2) is 35.7 Å². The lowest BCUT2D eigenvalue weighted by Gasteiger charge is -2.09. The van der Waals surface area contributed by atoms with E-state index in [-0.39, 0.29) is 6.61 Å². The third-order valence-corrected chi connectivity index (χ3v) is 3.34. The van der Waals surface area contributed by atoms with Crippen molar-refractivity contribution >= 4 is 22.7 Å². The summed E-state index contributed by atoms with van der Waals surface area (Å²) in [4.78, 5) is 1.12. The van der Waals surface area contributed by atoms with Crippen molar-refractivity contribution in [2.75, 3.05) is 11.1 Å². The first-order chi connectivity index (χ1) is 7.81. The zero-order valence-corrected chi connectivity index (χ0v) is 9.63. The van der Waals surface area contributed by atoms with Crippen LogP contribution >= 0.6 is 11.3 Å². The monoisotopic (exact) mass is 234 g/mol. The molecule has 4 N–H and O–H groups in total. The van der Waals surface area contributed by atoms with Gasteiger partial charge in [-0.1, -0.05) is 18.2 Å². The fraction of sp³-hybridized carbons (Fsp3) is 0.167. The molecule has 0 spiro atoms. The Kier molecular flexibility index (Phi) is 3.44. The Hall–Kier alpha value is -1.52. The normalized spacial score (nSPS) is 10.3. The summed E-state index contributed by atoms with van der Waals surface area (Å²) < 4.78 is 0. The van der Waals surface area contributed by atoms with E-state index >= 15 is 0 Å². The molecular formula is C12H14N2OS. The first kappa shape index (κ1) is 11.0. The molecule has 0 fully saturated rings. The number of nitrogen functional groups attached to an aromatic ring is 1. The lowest BCUT2D eigenvalue weighted by atomic mass is 10.2. The number of nitrogens with one attached hydrogen (secondary N) is 1. The third kappa shape index (κ3) is 2.35.